The molecule has 0 bridgehead atoms. The minimum atomic E-state index is 0.0670. The van der Waals surface area contributed by atoms with Crippen molar-refractivity contribution in [3.8, 4) is 16.3 Å². The number of aromatic nitrogens is 1. The molecule has 4 rings (SSSR count). The Kier molecular flexibility index (Phi) is 7.87. The van der Waals surface area contributed by atoms with Gasteiger partial charge in [0.2, 0.25) is 5.91 Å². The van der Waals surface area contributed by atoms with Crippen molar-refractivity contribution in [3.63, 3.8) is 0 Å². The zero-order chi connectivity index (χ0) is 22.2. The Bertz CT molecular complexity index is 983. The number of carbonyl (C=O) groups is 1. The van der Waals surface area contributed by atoms with Gasteiger partial charge in [0.1, 0.15) is 17.4 Å². The molecule has 0 aliphatic carbocycles. The topological polar surface area (TPSA) is 54.9 Å². The van der Waals surface area contributed by atoms with Crippen LogP contribution in [-0.4, -0.2) is 67.2 Å². The first-order valence-electron chi connectivity index (χ1n) is 10.9. The number of amides is 1. The van der Waals surface area contributed by atoms with Gasteiger partial charge in [0, 0.05) is 50.1 Å². The molecule has 6 nitrogen and oxygen atoms in total. The number of hydrogen-bond acceptors (Lipinski definition) is 6. The molecule has 0 N–H and O–H groups in total. The molecule has 32 heavy (non-hydrogen) atoms. The average Bonchev–Trinajstić information content (AvgIpc) is 3.32. The van der Waals surface area contributed by atoms with E-state index in [9.17, 15) is 4.79 Å². The standard InChI is InChI=1S/C25H29N3O3S/c1-30-23-9-7-20(8-10-23)17-27-12-14-28(15-13-27)24(29)18-31-16-11-22-19-32-25(26-22)21-5-3-2-4-6-21/h2-10,19H,11-18H2,1H3. The van der Waals surface area contributed by atoms with Crippen molar-refractivity contribution in [1.82, 2.24) is 14.8 Å². The fraction of sp³-hybridized carbons (Fsp3) is 0.360. The lowest BCUT2D eigenvalue weighted by molar-refractivity contribution is -0.137. The second kappa shape index (κ2) is 11.2. The van der Waals surface area contributed by atoms with Gasteiger partial charge in [0.05, 0.1) is 19.4 Å². The van der Waals surface area contributed by atoms with Crippen LogP contribution in [0.5, 0.6) is 5.75 Å². The largest absolute Gasteiger partial charge is 0.497 e. The SMILES string of the molecule is COc1ccc(CN2CCN(C(=O)COCCc3csc(-c4ccccc4)n3)CC2)cc1. The normalized spacial score (nSPS) is 14.5. The molecular formula is C25H29N3O3S. The molecule has 2 aromatic carbocycles. The first kappa shape index (κ1) is 22.5. The van der Waals surface area contributed by atoms with E-state index in [0.717, 1.165) is 54.7 Å². The number of hydrogen-bond donors (Lipinski definition) is 0. The quantitative estimate of drug-likeness (QED) is 0.464. The van der Waals surface area contributed by atoms with E-state index in [1.165, 1.54) is 5.56 Å². The van der Waals surface area contributed by atoms with E-state index < -0.39 is 0 Å². The number of rotatable bonds is 9. The number of benzene rings is 2. The maximum atomic E-state index is 12.5. The maximum Gasteiger partial charge on any atom is 0.248 e. The maximum absolute atomic E-state index is 12.5. The Morgan fingerprint density at radius 1 is 1.03 bits per heavy atom. The van der Waals surface area contributed by atoms with Crippen LogP contribution in [-0.2, 0) is 22.5 Å². The Labute approximate surface area is 193 Å². The lowest BCUT2D eigenvalue weighted by atomic mass is 10.2. The number of thiazole rings is 1. The van der Waals surface area contributed by atoms with Gasteiger partial charge < -0.3 is 14.4 Å². The highest BCUT2D eigenvalue weighted by Crippen LogP contribution is 2.23. The van der Waals surface area contributed by atoms with Crippen molar-refractivity contribution in [2.24, 2.45) is 0 Å². The van der Waals surface area contributed by atoms with Gasteiger partial charge in [-0.2, -0.15) is 0 Å². The first-order valence-corrected chi connectivity index (χ1v) is 11.8. The van der Waals surface area contributed by atoms with Gasteiger partial charge >= 0.3 is 0 Å². The van der Waals surface area contributed by atoms with E-state index in [0.29, 0.717) is 13.0 Å². The third-order valence-electron chi connectivity index (χ3n) is 5.59. The number of methoxy groups -OCH3 is 1. The van der Waals surface area contributed by atoms with Crippen molar-refractivity contribution in [3.05, 3.63) is 71.2 Å². The van der Waals surface area contributed by atoms with E-state index in [1.54, 1.807) is 18.4 Å². The summed E-state index contributed by atoms with van der Waals surface area (Å²) in [5, 5.41) is 3.08. The van der Waals surface area contributed by atoms with Crippen molar-refractivity contribution in [2.45, 2.75) is 13.0 Å². The molecule has 1 amide bonds. The molecule has 0 atom stereocenters. The summed E-state index contributed by atoms with van der Waals surface area (Å²) >= 11 is 1.64. The fourth-order valence-electron chi connectivity index (χ4n) is 3.71. The summed E-state index contributed by atoms with van der Waals surface area (Å²) in [5.74, 6) is 0.938. The first-order chi connectivity index (χ1) is 15.7. The highest BCUT2D eigenvalue weighted by Gasteiger charge is 2.21. The fourth-order valence-corrected chi connectivity index (χ4v) is 4.57. The van der Waals surface area contributed by atoms with Crippen molar-refractivity contribution >= 4 is 17.2 Å². The molecule has 0 radical (unpaired) electrons. The minimum absolute atomic E-state index is 0.0670. The molecule has 1 aliphatic heterocycles. The highest BCUT2D eigenvalue weighted by atomic mass is 32.1. The summed E-state index contributed by atoms with van der Waals surface area (Å²) in [5.41, 5.74) is 3.39. The predicted molar refractivity (Wildman–Crippen MR) is 127 cm³/mol. The zero-order valence-electron chi connectivity index (χ0n) is 18.4. The van der Waals surface area contributed by atoms with E-state index >= 15 is 0 Å². The van der Waals surface area contributed by atoms with Gasteiger partial charge in [0.15, 0.2) is 0 Å². The number of nitrogens with zero attached hydrogens (tertiary/aromatic N) is 3. The van der Waals surface area contributed by atoms with Gasteiger partial charge in [-0.15, -0.1) is 11.3 Å². The number of carbonyl (C=O) groups excluding carboxylic acids is 1. The van der Waals surface area contributed by atoms with Crippen LogP contribution in [0.2, 0.25) is 0 Å². The molecule has 1 saturated heterocycles. The summed E-state index contributed by atoms with van der Waals surface area (Å²) in [7, 11) is 1.68. The molecule has 0 saturated carbocycles. The molecule has 168 valence electrons. The van der Waals surface area contributed by atoms with Crippen LogP contribution < -0.4 is 4.74 Å². The second-order valence-corrected chi connectivity index (χ2v) is 8.68. The molecule has 0 spiro atoms. The van der Waals surface area contributed by atoms with Gasteiger partial charge in [0.25, 0.3) is 0 Å². The van der Waals surface area contributed by atoms with Gasteiger partial charge in [-0.05, 0) is 17.7 Å². The zero-order valence-corrected chi connectivity index (χ0v) is 19.2. The van der Waals surface area contributed by atoms with Crippen LogP contribution in [0, 0.1) is 0 Å². The summed E-state index contributed by atoms with van der Waals surface area (Å²) < 4.78 is 10.9. The van der Waals surface area contributed by atoms with Gasteiger partial charge in [-0.3, -0.25) is 9.69 Å². The lowest BCUT2D eigenvalue weighted by Crippen LogP contribution is -2.49. The highest BCUT2D eigenvalue weighted by molar-refractivity contribution is 7.13. The molecule has 0 unspecified atom stereocenters. The summed E-state index contributed by atoms with van der Waals surface area (Å²) in [4.78, 5) is 21.4. The van der Waals surface area contributed by atoms with Crippen molar-refractivity contribution in [1.29, 1.82) is 0 Å². The third kappa shape index (κ3) is 6.16. The molecular weight excluding hydrogens is 422 g/mol. The average molecular weight is 452 g/mol. The summed E-state index contributed by atoms with van der Waals surface area (Å²) in [6.07, 6.45) is 0.715. The van der Waals surface area contributed by atoms with Crippen LogP contribution in [0.25, 0.3) is 10.6 Å². The van der Waals surface area contributed by atoms with Crippen LogP contribution in [0.3, 0.4) is 0 Å². The number of piperazine rings is 1. The molecule has 7 heteroatoms. The minimum Gasteiger partial charge on any atom is -0.497 e. The molecule has 1 aromatic heterocycles. The molecule has 3 aromatic rings. The van der Waals surface area contributed by atoms with E-state index in [-0.39, 0.29) is 12.5 Å². The Hall–Kier alpha value is -2.74. The van der Waals surface area contributed by atoms with Gasteiger partial charge in [-0.1, -0.05) is 42.5 Å². The molecule has 1 fully saturated rings. The third-order valence-corrected chi connectivity index (χ3v) is 6.53. The van der Waals surface area contributed by atoms with Crippen molar-refractivity contribution in [2.75, 3.05) is 46.5 Å². The van der Waals surface area contributed by atoms with Crippen LogP contribution in [0.15, 0.2) is 60.0 Å². The second-order valence-electron chi connectivity index (χ2n) is 7.82. The Morgan fingerprint density at radius 2 is 1.78 bits per heavy atom. The lowest BCUT2D eigenvalue weighted by Gasteiger charge is -2.34. The number of ether oxygens (including phenoxy) is 2. The Balaban J connectivity index is 1.14. The van der Waals surface area contributed by atoms with Gasteiger partial charge in [-0.25, -0.2) is 4.98 Å². The van der Waals surface area contributed by atoms with Crippen LogP contribution in [0.1, 0.15) is 11.3 Å². The Morgan fingerprint density at radius 3 is 2.50 bits per heavy atom. The van der Waals surface area contributed by atoms with Crippen LogP contribution >= 0.6 is 11.3 Å². The van der Waals surface area contributed by atoms with E-state index in [1.807, 2.05) is 35.2 Å². The van der Waals surface area contributed by atoms with Crippen LogP contribution in [0.4, 0.5) is 0 Å². The van der Waals surface area contributed by atoms with E-state index in [4.69, 9.17) is 9.47 Å². The monoisotopic (exact) mass is 451 g/mol. The predicted octanol–water partition coefficient (Wildman–Crippen LogP) is 3.72. The summed E-state index contributed by atoms with van der Waals surface area (Å²) in [6, 6.07) is 18.3. The molecule has 1 aliphatic rings. The van der Waals surface area contributed by atoms with E-state index in [2.05, 4.69) is 39.5 Å². The summed E-state index contributed by atoms with van der Waals surface area (Å²) in [6.45, 7) is 4.75. The smallest absolute Gasteiger partial charge is 0.248 e. The van der Waals surface area contributed by atoms with Crippen molar-refractivity contribution < 1.29 is 14.3 Å². The molecule has 2 heterocycles.